The zero-order chi connectivity index (χ0) is 12.8. The van der Waals surface area contributed by atoms with Gasteiger partial charge in [-0.15, -0.1) is 0 Å². The van der Waals surface area contributed by atoms with Crippen molar-refractivity contribution in [2.45, 2.75) is 26.6 Å². The molecule has 0 atom stereocenters. The molecule has 0 bridgehead atoms. The minimum Gasteiger partial charge on any atom is -0.465 e. The van der Waals surface area contributed by atoms with Crippen LogP contribution in [0.4, 0.5) is 0 Å². The van der Waals surface area contributed by atoms with E-state index in [1.165, 1.54) is 11.1 Å². The molecule has 18 heavy (non-hydrogen) atoms. The normalized spacial score (nSPS) is 10.8. The Morgan fingerprint density at radius 1 is 1.11 bits per heavy atom. The molecular formula is C15H19NO2. The second-order valence-electron chi connectivity index (χ2n) is 4.37. The lowest BCUT2D eigenvalue weighted by molar-refractivity contribution is 0.185. The molecule has 0 aliphatic rings. The van der Waals surface area contributed by atoms with E-state index in [0.717, 1.165) is 24.6 Å². The fraction of sp³-hybridized carbons (Fsp3) is 0.333. The molecule has 3 heteroatoms. The van der Waals surface area contributed by atoms with Crippen molar-refractivity contribution < 1.29 is 9.15 Å². The Morgan fingerprint density at radius 2 is 1.94 bits per heavy atom. The third-order valence-corrected chi connectivity index (χ3v) is 2.73. The molecule has 0 unspecified atom stereocenters. The number of aryl methyl sites for hydroxylation is 1. The summed E-state index contributed by atoms with van der Waals surface area (Å²) < 4.78 is 10.6. The minimum atomic E-state index is 0.658. The van der Waals surface area contributed by atoms with Gasteiger partial charge >= 0.3 is 0 Å². The van der Waals surface area contributed by atoms with Crippen molar-refractivity contribution in [3.05, 3.63) is 59.0 Å². The Bertz CT molecular complexity index is 491. The maximum atomic E-state index is 5.50. The van der Waals surface area contributed by atoms with Gasteiger partial charge in [0.15, 0.2) is 0 Å². The van der Waals surface area contributed by atoms with Crippen molar-refractivity contribution in [2.75, 3.05) is 7.11 Å². The van der Waals surface area contributed by atoms with Gasteiger partial charge in [-0.25, -0.2) is 0 Å². The molecule has 0 aliphatic heterocycles. The fourth-order valence-corrected chi connectivity index (χ4v) is 1.91. The summed E-state index contributed by atoms with van der Waals surface area (Å²) in [6, 6.07) is 12.4. The minimum absolute atomic E-state index is 0.658. The molecule has 0 fully saturated rings. The van der Waals surface area contributed by atoms with Gasteiger partial charge < -0.3 is 14.5 Å². The lowest BCUT2D eigenvalue weighted by atomic mass is 10.1. The number of ether oxygens (including phenoxy) is 1. The van der Waals surface area contributed by atoms with Crippen LogP contribution in [-0.4, -0.2) is 7.11 Å². The Kier molecular flexibility index (Phi) is 4.56. The molecule has 2 rings (SSSR count). The fourth-order valence-electron chi connectivity index (χ4n) is 1.91. The summed E-state index contributed by atoms with van der Waals surface area (Å²) in [5.74, 6) is 1.93. The first-order valence-electron chi connectivity index (χ1n) is 6.10. The number of rotatable bonds is 6. The van der Waals surface area contributed by atoms with Gasteiger partial charge in [0.1, 0.15) is 11.5 Å². The molecule has 1 N–H and O–H groups in total. The lowest BCUT2D eigenvalue weighted by Crippen LogP contribution is -2.12. The number of hydrogen-bond donors (Lipinski definition) is 1. The number of methoxy groups -OCH3 is 1. The second kappa shape index (κ2) is 6.38. The van der Waals surface area contributed by atoms with E-state index in [-0.39, 0.29) is 0 Å². The lowest BCUT2D eigenvalue weighted by Gasteiger charge is -2.05. The van der Waals surface area contributed by atoms with E-state index in [9.17, 15) is 0 Å². The Hall–Kier alpha value is -1.58. The monoisotopic (exact) mass is 245 g/mol. The van der Waals surface area contributed by atoms with Gasteiger partial charge in [-0.05, 0) is 30.2 Å². The van der Waals surface area contributed by atoms with Crippen molar-refractivity contribution >= 4 is 0 Å². The molecule has 96 valence electrons. The average Bonchev–Trinajstić information content (AvgIpc) is 2.76. The number of benzene rings is 1. The highest BCUT2D eigenvalue weighted by Gasteiger charge is 1.99. The second-order valence-corrected chi connectivity index (χ2v) is 4.37. The predicted molar refractivity (Wildman–Crippen MR) is 71.1 cm³/mol. The molecular weight excluding hydrogens is 226 g/mol. The van der Waals surface area contributed by atoms with Crippen molar-refractivity contribution in [3.8, 4) is 0 Å². The summed E-state index contributed by atoms with van der Waals surface area (Å²) in [4.78, 5) is 0. The molecule has 1 aromatic carbocycles. The van der Waals surface area contributed by atoms with Gasteiger partial charge in [-0.3, -0.25) is 0 Å². The molecule has 0 spiro atoms. The van der Waals surface area contributed by atoms with Crippen molar-refractivity contribution in [1.29, 1.82) is 0 Å². The maximum Gasteiger partial charge on any atom is 0.117 e. The quantitative estimate of drug-likeness (QED) is 0.849. The summed E-state index contributed by atoms with van der Waals surface area (Å²) >= 11 is 0. The van der Waals surface area contributed by atoms with Gasteiger partial charge in [0.25, 0.3) is 0 Å². The van der Waals surface area contributed by atoms with Crippen LogP contribution in [0.15, 0.2) is 40.8 Å². The molecule has 3 nitrogen and oxygen atoms in total. The largest absolute Gasteiger partial charge is 0.465 e. The van der Waals surface area contributed by atoms with E-state index in [1.54, 1.807) is 7.11 Å². The summed E-state index contributed by atoms with van der Waals surface area (Å²) in [5, 5.41) is 3.37. The van der Waals surface area contributed by atoms with E-state index < -0.39 is 0 Å². The molecule has 1 heterocycles. The highest BCUT2D eigenvalue weighted by Crippen LogP contribution is 2.08. The van der Waals surface area contributed by atoms with Crippen LogP contribution in [0.25, 0.3) is 0 Å². The summed E-state index contributed by atoms with van der Waals surface area (Å²) in [6.07, 6.45) is 0. The van der Waals surface area contributed by atoms with E-state index in [4.69, 9.17) is 9.15 Å². The van der Waals surface area contributed by atoms with Crippen molar-refractivity contribution in [2.24, 2.45) is 0 Å². The van der Waals surface area contributed by atoms with Gasteiger partial charge in [-0.1, -0.05) is 24.3 Å². The van der Waals surface area contributed by atoms with Crippen LogP contribution in [0, 0.1) is 6.92 Å². The molecule has 1 aromatic heterocycles. The maximum absolute atomic E-state index is 5.50. The summed E-state index contributed by atoms with van der Waals surface area (Å²) in [6.45, 7) is 4.20. The molecule has 2 aromatic rings. The van der Waals surface area contributed by atoms with Gasteiger partial charge in [-0.2, -0.15) is 0 Å². The number of furan rings is 1. The summed E-state index contributed by atoms with van der Waals surface area (Å²) in [7, 11) is 1.71. The Labute approximate surface area is 108 Å². The topological polar surface area (TPSA) is 34.4 Å². The van der Waals surface area contributed by atoms with Crippen molar-refractivity contribution in [3.63, 3.8) is 0 Å². The first-order chi connectivity index (χ1) is 8.78. The molecule has 0 saturated carbocycles. The standard InChI is InChI=1S/C15H19NO2/c1-12-6-7-15(18-12)10-16-9-13-4-3-5-14(8-13)11-17-2/h3-8,16H,9-11H2,1-2H3. The molecule has 0 aliphatic carbocycles. The van der Waals surface area contributed by atoms with Gasteiger partial charge in [0.05, 0.1) is 13.2 Å². The smallest absolute Gasteiger partial charge is 0.117 e. The third kappa shape index (κ3) is 3.72. The van der Waals surface area contributed by atoms with Crippen LogP contribution in [0.3, 0.4) is 0 Å². The molecule has 0 amide bonds. The number of hydrogen-bond acceptors (Lipinski definition) is 3. The first kappa shape index (κ1) is 12.9. The number of nitrogens with one attached hydrogen (secondary N) is 1. The summed E-state index contributed by atoms with van der Waals surface area (Å²) in [5.41, 5.74) is 2.46. The average molecular weight is 245 g/mol. The Balaban J connectivity index is 1.84. The first-order valence-corrected chi connectivity index (χ1v) is 6.10. The predicted octanol–water partition coefficient (Wildman–Crippen LogP) is 3.02. The third-order valence-electron chi connectivity index (χ3n) is 2.73. The Morgan fingerprint density at radius 3 is 2.67 bits per heavy atom. The van der Waals surface area contributed by atoms with E-state index in [0.29, 0.717) is 6.61 Å². The van der Waals surface area contributed by atoms with E-state index in [1.807, 2.05) is 19.1 Å². The van der Waals surface area contributed by atoms with Crippen molar-refractivity contribution in [1.82, 2.24) is 5.32 Å². The molecule has 0 radical (unpaired) electrons. The van der Waals surface area contributed by atoms with Crippen LogP contribution in [0.2, 0.25) is 0 Å². The van der Waals surface area contributed by atoms with Gasteiger partial charge in [0, 0.05) is 13.7 Å². The van der Waals surface area contributed by atoms with E-state index in [2.05, 4.69) is 29.6 Å². The molecule has 0 saturated heterocycles. The van der Waals surface area contributed by atoms with Crippen LogP contribution in [0.5, 0.6) is 0 Å². The zero-order valence-corrected chi connectivity index (χ0v) is 10.9. The van der Waals surface area contributed by atoms with Crippen LogP contribution in [-0.2, 0) is 24.4 Å². The van der Waals surface area contributed by atoms with E-state index >= 15 is 0 Å². The van der Waals surface area contributed by atoms with Crippen LogP contribution >= 0.6 is 0 Å². The van der Waals surface area contributed by atoms with Gasteiger partial charge in [0.2, 0.25) is 0 Å². The SMILES string of the molecule is COCc1cccc(CNCc2ccc(C)o2)c1. The van der Waals surface area contributed by atoms with Crippen LogP contribution in [0.1, 0.15) is 22.6 Å². The van der Waals surface area contributed by atoms with Crippen LogP contribution < -0.4 is 5.32 Å². The zero-order valence-electron chi connectivity index (χ0n) is 10.9. The highest BCUT2D eigenvalue weighted by molar-refractivity contribution is 5.22. The highest BCUT2D eigenvalue weighted by atomic mass is 16.5.